The van der Waals surface area contributed by atoms with Crippen LogP contribution in [0.2, 0.25) is 0 Å². The molecule has 0 aliphatic heterocycles. The maximum absolute atomic E-state index is 13.5. The fourth-order valence-corrected chi connectivity index (χ4v) is 2.98. The summed E-state index contributed by atoms with van der Waals surface area (Å²) in [4.78, 5) is 16.4. The first-order valence-electron chi connectivity index (χ1n) is 9.63. The Kier molecular flexibility index (Phi) is 8.26. The van der Waals surface area contributed by atoms with E-state index in [0.717, 1.165) is 17.9 Å². The van der Waals surface area contributed by atoms with Crippen LogP contribution in [-0.4, -0.2) is 50.1 Å². The van der Waals surface area contributed by atoms with Crippen LogP contribution in [0.3, 0.4) is 0 Å². The second-order valence-corrected chi connectivity index (χ2v) is 6.99. The van der Waals surface area contributed by atoms with Crippen molar-refractivity contribution < 1.29 is 13.9 Å². The average Bonchev–Trinajstić information content (AvgIpc) is 2.65. The predicted octanol–water partition coefficient (Wildman–Crippen LogP) is 4.01. The molecule has 0 aromatic heterocycles. The zero-order chi connectivity index (χ0) is 20.5. The topological polar surface area (TPSA) is 44.8 Å². The van der Waals surface area contributed by atoms with Gasteiger partial charge in [-0.3, -0.25) is 9.69 Å². The number of carbonyl (C=O) groups excluding carboxylic acids is 1. The Balaban J connectivity index is 1.77. The Morgan fingerprint density at radius 1 is 1.14 bits per heavy atom. The molecule has 0 heterocycles. The number of likely N-dealkylation sites (N-methyl/N-ethyl adjacent to an activating group) is 1. The van der Waals surface area contributed by atoms with Crippen LogP contribution in [0.25, 0.3) is 0 Å². The van der Waals surface area contributed by atoms with E-state index in [9.17, 15) is 9.18 Å². The molecule has 0 radical (unpaired) electrons. The number of nitrogens with one attached hydrogen (secondary N) is 1. The highest BCUT2D eigenvalue weighted by molar-refractivity contribution is 5.92. The Morgan fingerprint density at radius 3 is 2.43 bits per heavy atom. The summed E-state index contributed by atoms with van der Waals surface area (Å²) in [6, 6.07) is 14.6. The quantitative estimate of drug-likeness (QED) is 0.669. The zero-order valence-corrected chi connectivity index (χ0v) is 17.1. The van der Waals surface area contributed by atoms with Crippen molar-refractivity contribution in [3.8, 4) is 5.75 Å². The van der Waals surface area contributed by atoms with Gasteiger partial charge in [0.25, 0.3) is 0 Å². The molecule has 28 heavy (non-hydrogen) atoms. The van der Waals surface area contributed by atoms with Crippen molar-refractivity contribution in [2.45, 2.75) is 26.8 Å². The van der Waals surface area contributed by atoms with Crippen molar-refractivity contribution in [1.29, 1.82) is 0 Å². The van der Waals surface area contributed by atoms with Gasteiger partial charge >= 0.3 is 0 Å². The second-order valence-electron chi connectivity index (χ2n) is 6.99. The minimum atomic E-state index is -0.384. The summed E-state index contributed by atoms with van der Waals surface area (Å²) >= 11 is 0. The second kappa shape index (κ2) is 10.7. The molecule has 0 aliphatic carbocycles. The maximum atomic E-state index is 13.5. The predicted molar refractivity (Wildman–Crippen MR) is 113 cm³/mol. The van der Waals surface area contributed by atoms with Crippen LogP contribution < -0.4 is 15.0 Å². The SMILES string of the molecule is CCN(c1ccc(NC(=O)CN(C)CCOc2ccccc2F)cc1)C(C)C. The van der Waals surface area contributed by atoms with Gasteiger partial charge in [-0.25, -0.2) is 4.39 Å². The summed E-state index contributed by atoms with van der Waals surface area (Å²) < 4.78 is 18.9. The van der Waals surface area contributed by atoms with E-state index in [1.807, 2.05) is 36.2 Å². The molecule has 6 heteroatoms. The lowest BCUT2D eigenvalue weighted by atomic mass is 10.2. The number of benzene rings is 2. The molecule has 0 unspecified atom stereocenters. The molecule has 2 aromatic rings. The van der Waals surface area contributed by atoms with Crippen LogP contribution >= 0.6 is 0 Å². The Morgan fingerprint density at radius 2 is 1.82 bits per heavy atom. The fraction of sp³-hybridized carbons (Fsp3) is 0.409. The number of anilines is 2. The molecule has 0 spiro atoms. The first kappa shape index (κ1) is 21.7. The molecule has 152 valence electrons. The van der Waals surface area contributed by atoms with Gasteiger partial charge in [0.15, 0.2) is 11.6 Å². The highest BCUT2D eigenvalue weighted by Crippen LogP contribution is 2.20. The van der Waals surface area contributed by atoms with Crippen molar-refractivity contribution in [1.82, 2.24) is 4.90 Å². The summed E-state index contributed by atoms with van der Waals surface area (Å²) in [5.41, 5.74) is 1.91. The monoisotopic (exact) mass is 387 g/mol. The summed E-state index contributed by atoms with van der Waals surface area (Å²) in [5, 5.41) is 2.90. The van der Waals surface area contributed by atoms with Crippen LogP contribution in [-0.2, 0) is 4.79 Å². The van der Waals surface area contributed by atoms with Crippen molar-refractivity contribution in [2.24, 2.45) is 0 Å². The van der Waals surface area contributed by atoms with Crippen LogP contribution in [0.4, 0.5) is 15.8 Å². The smallest absolute Gasteiger partial charge is 0.238 e. The molecule has 0 bridgehead atoms. The van der Waals surface area contributed by atoms with Crippen LogP contribution in [0.5, 0.6) is 5.75 Å². The molecule has 0 atom stereocenters. The minimum absolute atomic E-state index is 0.0997. The van der Waals surface area contributed by atoms with E-state index in [1.54, 1.807) is 18.2 Å². The highest BCUT2D eigenvalue weighted by atomic mass is 19.1. The van der Waals surface area contributed by atoms with E-state index >= 15 is 0 Å². The van der Waals surface area contributed by atoms with E-state index in [-0.39, 0.29) is 24.0 Å². The lowest BCUT2D eigenvalue weighted by Crippen LogP contribution is -2.33. The Bertz CT molecular complexity index is 750. The first-order chi connectivity index (χ1) is 13.4. The number of carbonyl (C=O) groups is 1. The third-order valence-electron chi connectivity index (χ3n) is 4.43. The number of nitrogens with zero attached hydrogens (tertiary/aromatic N) is 2. The van der Waals surface area contributed by atoms with E-state index in [0.29, 0.717) is 19.2 Å². The van der Waals surface area contributed by atoms with E-state index in [1.165, 1.54) is 6.07 Å². The summed E-state index contributed by atoms with van der Waals surface area (Å²) in [7, 11) is 1.83. The van der Waals surface area contributed by atoms with Gasteiger partial charge in [0.1, 0.15) is 6.61 Å². The molecule has 5 nitrogen and oxygen atoms in total. The molecule has 0 aliphatic rings. The number of rotatable bonds is 10. The minimum Gasteiger partial charge on any atom is -0.489 e. The molecule has 2 rings (SSSR count). The van der Waals surface area contributed by atoms with Gasteiger partial charge in [-0.1, -0.05) is 12.1 Å². The molecule has 0 saturated carbocycles. The molecular weight excluding hydrogens is 357 g/mol. The van der Waals surface area contributed by atoms with Crippen LogP contribution in [0, 0.1) is 5.82 Å². The third kappa shape index (κ3) is 6.53. The summed E-state index contributed by atoms with van der Waals surface area (Å²) in [6.07, 6.45) is 0. The summed E-state index contributed by atoms with van der Waals surface area (Å²) in [5.74, 6) is -0.259. The maximum Gasteiger partial charge on any atom is 0.238 e. The van der Waals surface area contributed by atoms with Crippen LogP contribution in [0.1, 0.15) is 20.8 Å². The van der Waals surface area contributed by atoms with E-state index < -0.39 is 0 Å². The molecular formula is C22H30FN3O2. The highest BCUT2D eigenvalue weighted by Gasteiger charge is 2.10. The molecule has 1 N–H and O–H groups in total. The molecule has 2 aromatic carbocycles. The number of para-hydroxylation sites is 1. The van der Waals surface area contributed by atoms with Gasteiger partial charge in [-0.05, 0) is 64.2 Å². The molecule has 0 saturated heterocycles. The lowest BCUT2D eigenvalue weighted by molar-refractivity contribution is -0.117. The van der Waals surface area contributed by atoms with Gasteiger partial charge < -0.3 is 15.0 Å². The van der Waals surface area contributed by atoms with Crippen LogP contribution in [0.15, 0.2) is 48.5 Å². The van der Waals surface area contributed by atoms with Gasteiger partial charge in [0, 0.05) is 30.5 Å². The largest absolute Gasteiger partial charge is 0.489 e. The van der Waals surface area contributed by atoms with E-state index in [2.05, 4.69) is 31.0 Å². The third-order valence-corrected chi connectivity index (χ3v) is 4.43. The fourth-order valence-electron chi connectivity index (χ4n) is 2.98. The molecule has 0 fully saturated rings. The normalized spacial score (nSPS) is 11.0. The zero-order valence-electron chi connectivity index (χ0n) is 17.1. The van der Waals surface area contributed by atoms with Crippen molar-refractivity contribution in [2.75, 3.05) is 43.5 Å². The van der Waals surface area contributed by atoms with E-state index in [4.69, 9.17) is 4.74 Å². The average molecular weight is 387 g/mol. The lowest BCUT2D eigenvalue weighted by Gasteiger charge is -2.27. The number of halogens is 1. The molecule has 1 amide bonds. The standard InChI is InChI=1S/C22H30FN3O2/c1-5-26(17(2)3)19-12-10-18(11-13-19)24-22(27)16-25(4)14-15-28-21-9-7-6-8-20(21)23/h6-13,17H,5,14-16H2,1-4H3,(H,24,27). The summed E-state index contributed by atoms with van der Waals surface area (Å²) in [6.45, 7) is 8.43. The first-order valence-corrected chi connectivity index (χ1v) is 9.63. The number of hydrogen-bond donors (Lipinski definition) is 1. The van der Waals surface area contributed by atoms with Gasteiger partial charge in [-0.2, -0.15) is 0 Å². The van der Waals surface area contributed by atoms with Crippen molar-refractivity contribution >= 4 is 17.3 Å². The number of amides is 1. The van der Waals surface area contributed by atoms with Gasteiger partial charge in [0.05, 0.1) is 6.54 Å². The van der Waals surface area contributed by atoms with Gasteiger partial charge in [-0.15, -0.1) is 0 Å². The number of ether oxygens (including phenoxy) is 1. The van der Waals surface area contributed by atoms with Gasteiger partial charge in [0.2, 0.25) is 5.91 Å². The Hall–Kier alpha value is -2.60. The Labute approximate surface area is 167 Å². The number of hydrogen-bond acceptors (Lipinski definition) is 4. The van der Waals surface area contributed by atoms with Crippen molar-refractivity contribution in [3.05, 3.63) is 54.3 Å². The van der Waals surface area contributed by atoms with Crippen molar-refractivity contribution in [3.63, 3.8) is 0 Å².